The lowest BCUT2D eigenvalue weighted by Gasteiger charge is -2.33. The molecular formula is C16H18O3. The van der Waals surface area contributed by atoms with Crippen LogP contribution in [0.15, 0.2) is 30.3 Å². The number of Topliss-reactive ketones (excluding diaryl/α,β-unsaturated/α-hetero) is 1. The summed E-state index contributed by atoms with van der Waals surface area (Å²) >= 11 is 0. The van der Waals surface area contributed by atoms with Crippen LogP contribution in [0.1, 0.15) is 31.2 Å². The smallest absolute Gasteiger partial charge is 0.312 e. The first-order chi connectivity index (χ1) is 9.21. The first-order valence-electron chi connectivity index (χ1n) is 6.93. The second-order valence-corrected chi connectivity index (χ2v) is 5.71. The van der Waals surface area contributed by atoms with Crippen LogP contribution in [0.2, 0.25) is 0 Å². The van der Waals surface area contributed by atoms with Gasteiger partial charge in [-0.05, 0) is 24.8 Å². The minimum Gasteiger partial charge on any atom is -0.465 e. The molecule has 3 nitrogen and oxygen atoms in total. The molecule has 19 heavy (non-hydrogen) atoms. The Morgan fingerprint density at radius 1 is 1.21 bits per heavy atom. The molecule has 0 radical (unpaired) electrons. The molecule has 1 aromatic carbocycles. The molecule has 0 amide bonds. The van der Waals surface area contributed by atoms with Gasteiger partial charge >= 0.3 is 5.97 Å². The van der Waals surface area contributed by atoms with Crippen LogP contribution in [0.5, 0.6) is 0 Å². The van der Waals surface area contributed by atoms with Gasteiger partial charge < -0.3 is 4.74 Å². The topological polar surface area (TPSA) is 43.4 Å². The van der Waals surface area contributed by atoms with Crippen molar-refractivity contribution in [1.82, 2.24) is 0 Å². The van der Waals surface area contributed by atoms with E-state index < -0.39 is 5.41 Å². The van der Waals surface area contributed by atoms with E-state index >= 15 is 0 Å². The van der Waals surface area contributed by atoms with Crippen molar-refractivity contribution in [3.8, 4) is 0 Å². The Labute approximate surface area is 113 Å². The number of hydrogen-bond acceptors (Lipinski definition) is 3. The molecule has 0 aromatic heterocycles. The van der Waals surface area contributed by atoms with Crippen molar-refractivity contribution >= 4 is 11.8 Å². The van der Waals surface area contributed by atoms with Gasteiger partial charge in [0.15, 0.2) is 0 Å². The summed E-state index contributed by atoms with van der Waals surface area (Å²) < 4.78 is 5.29. The summed E-state index contributed by atoms with van der Waals surface area (Å²) in [6, 6.07) is 10.1. The summed E-state index contributed by atoms with van der Waals surface area (Å²) in [5, 5.41) is 0. The monoisotopic (exact) mass is 258 g/mol. The second-order valence-electron chi connectivity index (χ2n) is 5.71. The molecule has 1 heterocycles. The summed E-state index contributed by atoms with van der Waals surface area (Å²) in [5.74, 6) is 0.205. The van der Waals surface area contributed by atoms with E-state index in [9.17, 15) is 9.59 Å². The quantitative estimate of drug-likeness (QED) is 0.766. The maximum absolute atomic E-state index is 12.1. The van der Waals surface area contributed by atoms with Gasteiger partial charge in [0.2, 0.25) is 0 Å². The third-order valence-electron chi connectivity index (χ3n) is 4.52. The Morgan fingerprint density at radius 2 is 2.00 bits per heavy atom. The highest BCUT2D eigenvalue weighted by atomic mass is 16.5. The first-order valence-corrected chi connectivity index (χ1v) is 6.93. The van der Waals surface area contributed by atoms with Crippen LogP contribution >= 0.6 is 0 Å². The van der Waals surface area contributed by atoms with Gasteiger partial charge in [0.1, 0.15) is 5.78 Å². The van der Waals surface area contributed by atoms with Gasteiger partial charge in [-0.3, -0.25) is 9.59 Å². The summed E-state index contributed by atoms with van der Waals surface area (Å²) in [6.07, 6.45) is 3.44. The second kappa shape index (κ2) is 4.80. The van der Waals surface area contributed by atoms with Crippen LogP contribution in [0, 0.1) is 11.3 Å². The minimum atomic E-state index is -0.537. The number of cyclic esters (lactones) is 1. The fourth-order valence-corrected chi connectivity index (χ4v) is 3.45. The third kappa shape index (κ3) is 2.18. The van der Waals surface area contributed by atoms with Gasteiger partial charge in [-0.1, -0.05) is 30.3 Å². The molecule has 0 bridgehead atoms. The molecule has 1 aliphatic heterocycles. The van der Waals surface area contributed by atoms with Crippen molar-refractivity contribution in [2.75, 3.05) is 6.61 Å². The molecule has 2 atom stereocenters. The minimum absolute atomic E-state index is 0.145. The number of ketones is 1. The van der Waals surface area contributed by atoms with Gasteiger partial charge in [0.25, 0.3) is 0 Å². The maximum atomic E-state index is 12.1. The maximum Gasteiger partial charge on any atom is 0.312 e. The van der Waals surface area contributed by atoms with E-state index in [1.54, 1.807) is 0 Å². The number of carbonyl (C=O) groups is 2. The van der Waals surface area contributed by atoms with E-state index in [-0.39, 0.29) is 17.7 Å². The van der Waals surface area contributed by atoms with Gasteiger partial charge in [0, 0.05) is 18.8 Å². The molecule has 3 heteroatoms. The standard InChI is InChI=1S/C16H18O3/c17-14-7-4-8-16(10-14)13(11-19-15(16)18)9-12-5-2-1-3-6-12/h1-3,5-6,13H,4,7-11H2. The van der Waals surface area contributed by atoms with E-state index in [1.807, 2.05) is 18.2 Å². The van der Waals surface area contributed by atoms with Gasteiger partial charge in [-0.25, -0.2) is 0 Å². The van der Waals surface area contributed by atoms with Crippen molar-refractivity contribution in [2.24, 2.45) is 11.3 Å². The van der Waals surface area contributed by atoms with Crippen LogP contribution in [0.3, 0.4) is 0 Å². The predicted molar refractivity (Wildman–Crippen MR) is 70.5 cm³/mol. The molecule has 1 saturated heterocycles. The van der Waals surface area contributed by atoms with Crippen molar-refractivity contribution in [1.29, 1.82) is 0 Å². The highest BCUT2D eigenvalue weighted by Gasteiger charge is 2.53. The zero-order valence-corrected chi connectivity index (χ0v) is 10.9. The van der Waals surface area contributed by atoms with Crippen molar-refractivity contribution in [3.63, 3.8) is 0 Å². The van der Waals surface area contributed by atoms with Crippen LogP contribution in [0.4, 0.5) is 0 Å². The Balaban J connectivity index is 1.84. The fraction of sp³-hybridized carbons (Fsp3) is 0.500. The first kappa shape index (κ1) is 12.4. The number of ether oxygens (including phenoxy) is 1. The highest BCUT2D eigenvalue weighted by molar-refractivity contribution is 5.89. The normalized spacial score (nSPS) is 30.6. The number of hydrogen-bond donors (Lipinski definition) is 0. The molecular weight excluding hydrogens is 240 g/mol. The summed E-state index contributed by atoms with van der Waals surface area (Å²) in [5.41, 5.74) is 0.675. The number of benzene rings is 1. The predicted octanol–water partition coefficient (Wildman–Crippen LogP) is 2.53. The molecule has 2 aliphatic rings. The highest BCUT2D eigenvalue weighted by Crippen LogP contribution is 2.47. The Kier molecular flexibility index (Phi) is 3.13. The summed E-state index contributed by atoms with van der Waals surface area (Å²) in [6.45, 7) is 0.459. The van der Waals surface area contributed by atoms with E-state index in [4.69, 9.17) is 4.74 Å². The van der Waals surface area contributed by atoms with Gasteiger partial charge in [-0.2, -0.15) is 0 Å². The summed E-state index contributed by atoms with van der Waals surface area (Å²) in [4.78, 5) is 23.9. The Bertz CT molecular complexity index is 494. The van der Waals surface area contributed by atoms with Gasteiger partial charge in [-0.15, -0.1) is 0 Å². The molecule has 0 N–H and O–H groups in total. The molecule has 2 unspecified atom stereocenters. The van der Waals surface area contributed by atoms with Crippen LogP contribution in [-0.4, -0.2) is 18.4 Å². The molecule has 1 aromatic rings. The van der Waals surface area contributed by atoms with E-state index in [0.29, 0.717) is 19.4 Å². The Morgan fingerprint density at radius 3 is 2.74 bits per heavy atom. The summed E-state index contributed by atoms with van der Waals surface area (Å²) in [7, 11) is 0. The molecule has 3 rings (SSSR count). The van der Waals surface area contributed by atoms with Gasteiger partial charge in [0.05, 0.1) is 12.0 Å². The third-order valence-corrected chi connectivity index (χ3v) is 4.52. The fourth-order valence-electron chi connectivity index (χ4n) is 3.45. The van der Waals surface area contributed by atoms with E-state index in [2.05, 4.69) is 12.1 Å². The lowest BCUT2D eigenvalue weighted by Crippen LogP contribution is -2.39. The van der Waals surface area contributed by atoms with Crippen molar-refractivity contribution < 1.29 is 14.3 Å². The molecule has 1 aliphatic carbocycles. The number of rotatable bonds is 2. The van der Waals surface area contributed by atoms with Crippen molar-refractivity contribution in [3.05, 3.63) is 35.9 Å². The average molecular weight is 258 g/mol. The number of carbonyl (C=O) groups excluding carboxylic acids is 2. The zero-order valence-electron chi connectivity index (χ0n) is 10.9. The molecule has 1 saturated carbocycles. The lowest BCUT2D eigenvalue weighted by molar-refractivity contribution is -0.150. The van der Waals surface area contributed by atoms with E-state index in [0.717, 1.165) is 19.3 Å². The Hall–Kier alpha value is -1.64. The SMILES string of the molecule is O=C1CCCC2(C1)C(=O)OCC2Cc1ccccc1. The molecule has 2 fully saturated rings. The van der Waals surface area contributed by atoms with Crippen LogP contribution in [0.25, 0.3) is 0 Å². The average Bonchev–Trinajstić information content (AvgIpc) is 2.69. The molecule has 100 valence electrons. The largest absolute Gasteiger partial charge is 0.465 e. The lowest BCUT2D eigenvalue weighted by atomic mass is 9.65. The molecule has 1 spiro atoms. The number of esters is 1. The zero-order chi connectivity index (χ0) is 13.3. The van der Waals surface area contributed by atoms with Crippen LogP contribution < -0.4 is 0 Å². The van der Waals surface area contributed by atoms with E-state index in [1.165, 1.54) is 5.56 Å². The van der Waals surface area contributed by atoms with Crippen LogP contribution in [-0.2, 0) is 20.7 Å². The van der Waals surface area contributed by atoms with Crippen molar-refractivity contribution in [2.45, 2.75) is 32.1 Å².